The van der Waals surface area contributed by atoms with Crippen LogP contribution in [0.3, 0.4) is 0 Å². The van der Waals surface area contributed by atoms with Crippen LogP contribution in [0, 0.1) is 5.92 Å². The summed E-state index contributed by atoms with van der Waals surface area (Å²) in [6.45, 7) is 8.33. The molecule has 0 radical (unpaired) electrons. The predicted octanol–water partition coefficient (Wildman–Crippen LogP) is 2.10. The van der Waals surface area contributed by atoms with Gasteiger partial charge in [0.15, 0.2) is 11.2 Å². The van der Waals surface area contributed by atoms with Crippen molar-refractivity contribution in [3.8, 4) is 5.75 Å². The third kappa shape index (κ3) is 2.71. The lowest BCUT2D eigenvalue weighted by molar-refractivity contribution is 0.340. The Bertz CT molecular complexity index is 1140. The van der Waals surface area contributed by atoms with Crippen molar-refractivity contribution in [3.63, 3.8) is 0 Å². The van der Waals surface area contributed by atoms with Gasteiger partial charge in [0.1, 0.15) is 5.75 Å². The second kappa shape index (κ2) is 6.85. The SMILES string of the molecule is CCOc1ccc(N2CC(C)Cn3c2nc2c3c(=O)n(CC)c(=O)n2C)cc1. The normalized spacial score (nSPS) is 16.4. The van der Waals surface area contributed by atoms with Crippen molar-refractivity contribution >= 4 is 22.8 Å². The van der Waals surface area contributed by atoms with Crippen molar-refractivity contribution in [2.75, 3.05) is 18.1 Å². The number of anilines is 2. The zero-order valence-electron chi connectivity index (χ0n) is 16.7. The average molecular weight is 383 g/mol. The monoisotopic (exact) mass is 383 g/mol. The van der Waals surface area contributed by atoms with E-state index in [4.69, 9.17) is 9.72 Å². The van der Waals surface area contributed by atoms with Crippen molar-refractivity contribution in [3.05, 3.63) is 45.1 Å². The van der Waals surface area contributed by atoms with Crippen molar-refractivity contribution in [2.45, 2.75) is 33.9 Å². The highest BCUT2D eigenvalue weighted by Gasteiger charge is 2.29. The number of ether oxygens (including phenoxy) is 1. The second-order valence-corrected chi connectivity index (χ2v) is 7.23. The van der Waals surface area contributed by atoms with E-state index in [-0.39, 0.29) is 11.2 Å². The zero-order valence-corrected chi connectivity index (χ0v) is 16.7. The molecule has 28 heavy (non-hydrogen) atoms. The summed E-state index contributed by atoms with van der Waals surface area (Å²) in [5.74, 6) is 1.83. The summed E-state index contributed by atoms with van der Waals surface area (Å²) in [7, 11) is 1.67. The lowest BCUT2D eigenvalue weighted by Gasteiger charge is -2.33. The van der Waals surface area contributed by atoms with Crippen LogP contribution < -0.4 is 20.9 Å². The van der Waals surface area contributed by atoms with E-state index < -0.39 is 0 Å². The molecule has 1 unspecified atom stereocenters. The highest BCUT2D eigenvalue weighted by Crippen LogP contribution is 2.33. The molecule has 0 fully saturated rings. The standard InChI is InChI=1S/C20H25N5O3/c1-5-23-18(26)16-17(22(4)20(23)27)21-19-24(11-13(3)12-25(16)19)14-7-9-15(10-8-14)28-6-2/h7-10,13H,5-6,11-12H2,1-4H3. The number of benzene rings is 1. The number of aromatic nitrogens is 4. The molecule has 1 aliphatic rings. The highest BCUT2D eigenvalue weighted by atomic mass is 16.5. The summed E-state index contributed by atoms with van der Waals surface area (Å²) >= 11 is 0. The van der Waals surface area contributed by atoms with Crippen LogP contribution in [0.5, 0.6) is 5.75 Å². The van der Waals surface area contributed by atoms with Gasteiger partial charge in [-0.05, 0) is 44.0 Å². The minimum Gasteiger partial charge on any atom is -0.494 e. The third-order valence-corrected chi connectivity index (χ3v) is 5.22. The molecular weight excluding hydrogens is 358 g/mol. The molecule has 0 bridgehead atoms. The summed E-state index contributed by atoms with van der Waals surface area (Å²) in [6, 6.07) is 7.86. The van der Waals surface area contributed by atoms with Gasteiger partial charge in [0, 0.05) is 32.4 Å². The van der Waals surface area contributed by atoms with E-state index in [2.05, 4.69) is 11.8 Å². The lowest BCUT2D eigenvalue weighted by Crippen LogP contribution is -2.40. The average Bonchev–Trinajstić information content (AvgIpc) is 3.06. The molecule has 1 atom stereocenters. The Morgan fingerprint density at radius 3 is 2.50 bits per heavy atom. The van der Waals surface area contributed by atoms with Gasteiger partial charge >= 0.3 is 5.69 Å². The number of fused-ring (bicyclic) bond motifs is 3. The molecule has 0 saturated heterocycles. The van der Waals surface area contributed by atoms with E-state index in [9.17, 15) is 9.59 Å². The topological polar surface area (TPSA) is 74.3 Å². The maximum Gasteiger partial charge on any atom is 0.332 e. The summed E-state index contributed by atoms with van der Waals surface area (Å²) in [5, 5.41) is 0. The van der Waals surface area contributed by atoms with E-state index in [0.29, 0.717) is 42.7 Å². The van der Waals surface area contributed by atoms with Gasteiger partial charge in [-0.1, -0.05) is 6.92 Å². The molecule has 0 amide bonds. The van der Waals surface area contributed by atoms with Crippen LogP contribution in [0.25, 0.3) is 11.2 Å². The molecule has 3 aromatic rings. The van der Waals surface area contributed by atoms with Gasteiger partial charge in [-0.25, -0.2) is 4.79 Å². The Balaban J connectivity index is 1.92. The molecule has 3 heterocycles. The minimum absolute atomic E-state index is 0.278. The fourth-order valence-corrected chi connectivity index (χ4v) is 3.89. The first kappa shape index (κ1) is 18.3. The fourth-order valence-electron chi connectivity index (χ4n) is 3.89. The molecule has 0 spiro atoms. The van der Waals surface area contributed by atoms with E-state index >= 15 is 0 Å². The van der Waals surface area contributed by atoms with Crippen LogP contribution in [0.2, 0.25) is 0 Å². The Kier molecular flexibility index (Phi) is 4.49. The van der Waals surface area contributed by atoms with Crippen molar-refractivity contribution in [2.24, 2.45) is 13.0 Å². The summed E-state index contributed by atoms with van der Waals surface area (Å²) in [4.78, 5) is 32.3. The van der Waals surface area contributed by atoms with E-state index in [0.717, 1.165) is 18.0 Å². The Morgan fingerprint density at radius 1 is 1.14 bits per heavy atom. The van der Waals surface area contributed by atoms with E-state index in [1.807, 2.05) is 35.8 Å². The largest absolute Gasteiger partial charge is 0.494 e. The summed E-state index contributed by atoms with van der Waals surface area (Å²) in [6.07, 6.45) is 0. The summed E-state index contributed by atoms with van der Waals surface area (Å²) in [5.41, 5.74) is 1.28. The van der Waals surface area contributed by atoms with E-state index in [1.54, 1.807) is 14.0 Å². The summed E-state index contributed by atoms with van der Waals surface area (Å²) < 4.78 is 10.2. The maximum atomic E-state index is 13.0. The van der Waals surface area contributed by atoms with E-state index in [1.165, 1.54) is 9.13 Å². The van der Waals surface area contributed by atoms with Crippen molar-refractivity contribution < 1.29 is 4.74 Å². The van der Waals surface area contributed by atoms with Gasteiger partial charge in [-0.3, -0.25) is 13.9 Å². The van der Waals surface area contributed by atoms with Crippen LogP contribution in [0.1, 0.15) is 20.8 Å². The molecule has 8 nitrogen and oxygen atoms in total. The van der Waals surface area contributed by atoms with Gasteiger partial charge in [-0.15, -0.1) is 0 Å². The first-order chi connectivity index (χ1) is 13.5. The number of hydrogen-bond donors (Lipinski definition) is 0. The van der Waals surface area contributed by atoms with Gasteiger partial charge in [0.05, 0.1) is 6.61 Å². The van der Waals surface area contributed by atoms with Gasteiger partial charge in [0.2, 0.25) is 5.95 Å². The Hall–Kier alpha value is -3.03. The molecule has 4 rings (SSSR count). The van der Waals surface area contributed by atoms with Gasteiger partial charge < -0.3 is 14.2 Å². The molecule has 8 heteroatoms. The number of imidazole rings is 1. The number of hydrogen-bond acceptors (Lipinski definition) is 5. The number of aryl methyl sites for hydroxylation is 1. The Morgan fingerprint density at radius 2 is 1.86 bits per heavy atom. The first-order valence-electron chi connectivity index (χ1n) is 9.66. The zero-order chi connectivity index (χ0) is 20.0. The molecule has 2 aromatic heterocycles. The molecular formula is C20H25N5O3. The highest BCUT2D eigenvalue weighted by molar-refractivity contribution is 5.77. The molecule has 0 aliphatic carbocycles. The smallest absolute Gasteiger partial charge is 0.332 e. The van der Waals surface area contributed by atoms with Crippen LogP contribution in [0.15, 0.2) is 33.9 Å². The predicted molar refractivity (Wildman–Crippen MR) is 109 cm³/mol. The van der Waals surface area contributed by atoms with Crippen LogP contribution in [-0.4, -0.2) is 31.8 Å². The van der Waals surface area contributed by atoms with Gasteiger partial charge in [-0.2, -0.15) is 4.98 Å². The van der Waals surface area contributed by atoms with Crippen molar-refractivity contribution in [1.82, 2.24) is 18.7 Å². The van der Waals surface area contributed by atoms with Crippen LogP contribution in [-0.2, 0) is 20.1 Å². The Labute approximate surface area is 162 Å². The van der Waals surface area contributed by atoms with Crippen LogP contribution >= 0.6 is 0 Å². The first-order valence-corrected chi connectivity index (χ1v) is 9.66. The molecule has 1 aromatic carbocycles. The van der Waals surface area contributed by atoms with Crippen LogP contribution in [0.4, 0.5) is 11.6 Å². The minimum atomic E-state index is -0.337. The second-order valence-electron chi connectivity index (χ2n) is 7.23. The number of rotatable bonds is 4. The molecule has 148 valence electrons. The fraction of sp³-hybridized carbons (Fsp3) is 0.450. The molecule has 0 N–H and O–H groups in total. The number of nitrogens with zero attached hydrogens (tertiary/aromatic N) is 5. The van der Waals surface area contributed by atoms with Gasteiger partial charge in [0.25, 0.3) is 5.56 Å². The third-order valence-electron chi connectivity index (χ3n) is 5.22. The molecule has 0 saturated carbocycles. The van der Waals surface area contributed by atoms with Crippen molar-refractivity contribution in [1.29, 1.82) is 0 Å². The lowest BCUT2D eigenvalue weighted by atomic mass is 10.1. The molecule has 1 aliphatic heterocycles. The maximum absolute atomic E-state index is 13.0. The quantitative estimate of drug-likeness (QED) is 0.690.